The third kappa shape index (κ3) is 3.99. The minimum atomic E-state index is -0.343. The van der Waals surface area contributed by atoms with Gasteiger partial charge in [-0.05, 0) is 35.9 Å². The molecule has 0 spiro atoms. The molecule has 0 unspecified atom stereocenters. The van der Waals surface area contributed by atoms with E-state index in [4.69, 9.17) is 5.73 Å². The number of carbonyl (C=O) groups is 1. The fraction of sp³-hybridized carbons (Fsp3) is 0.133. The van der Waals surface area contributed by atoms with Crippen LogP contribution in [-0.2, 0) is 17.8 Å². The average molecular weight is 335 g/mol. The number of hydrogen-bond donors (Lipinski definition) is 3. The first kappa shape index (κ1) is 14.4. The molecule has 4 N–H and O–H groups in total. The summed E-state index contributed by atoms with van der Waals surface area (Å²) < 4.78 is 0.920. The first-order valence-corrected chi connectivity index (χ1v) is 6.92. The molecule has 104 valence electrons. The minimum Gasteiger partial charge on any atom is -0.508 e. The molecule has 1 amide bonds. The lowest BCUT2D eigenvalue weighted by Crippen LogP contribution is -2.13. The number of anilines is 1. The van der Waals surface area contributed by atoms with Gasteiger partial charge in [0, 0.05) is 22.3 Å². The van der Waals surface area contributed by atoms with Gasteiger partial charge in [-0.2, -0.15) is 0 Å². The van der Waals surface area contributed by atoms with Gasteiger partial charge in [-0.25, -0.2) is 0 Å². The van der Waals surface area contributed by atoms with E-state index in [1.54, 1.807) is 12.1 Å². The SMILES string of the molecule is NC(=O)Cc1ccc(NCc2cc(Br)ccc2O)cc1. The van der Waals surface area contributed by atoms with Gasteiger partial charge in [0.2, 0.25) is 5.91 Å². The van der Waals surface area contributed by atoms with Crippen molar-refractivity contribution in [3.05, 3.63) is 58.1 Å². The van der Waals surface area contributed by atoms with Crippen LogP contribution in [0, 0.1) is 0 Å². The molecule has 0 bridgehead atoms. The number of phenolic OH excluding ortho intramolecular Hbond substituents is 1. The fourth-order valence-corrected chi connectivity index (χ4v) is 2.24. The fourth-order valence-electron chi connectivity index (χ4n) is 1.83. The second kappa shape index (κ2) is 6.43. The standard InChI is InChI=1S/C15H15BrN2O2/c16-12-3-6-14(19)11(8-12)9-18-13-4-1-10(2-5-13)7-15(17)20/h1-6,8,18-19H,7,9H2,(H2,17,20). The van der Waals surface area contributed by atoms with Crippen LogP contribution in [-0.4, -0.2) is 11.0 Å². The summed E-state index contributed by atoms with van der Waals surface area (Å²) in [4.78, 5) is 10.8. The molecule has 0 heterocycles. The van der Waals surface area contributed by atoms with Crippen molar-refractivity contribution in [2.45, 2.75) is 13.0 Å². The smallest absolute Gasteiger partial charge is 0.221 e. The van der Waals surface area contributed by atoms with Gasteiger partial charge in [-0.1, -0.05) is 28.1 Å². The van der Waals surface area contributed by atoms with Crippen molar-refractivity contribution in [2.24, 2.45) is 5.73 Å². The Morgan fingerprint density at radius 2 is 1.90 bits per heavy atom. The Balaban J connectivity index is 2.00. The van der Waals surface area contributed by atoms with Crippen molar-refractivity contribution in [3.63, 3.8) is 0 Å². The highest BCUT2D eigenvalue weighted by molar-refractivity contribution is 9.10. The van der Waals surface area contributed by atoms with Crippen molar-refractivity contribution < 1.29 is 9.90 Å². The van der Waals surface area contributed by atoms with Crippen LogP contribution in [0.4, 0.5) is 5.69 Å². The van der Waals surface area contributed by atoms with Gasteiger partial charge >= 0.3 is 0 Å². The third-order valence-corrected chi connectivity index (χ3v) is 3.35. The number of nitrogens with one attached hydrogen (secondary N) is 1. The molecule has 0 radical (unpaired) electrons. The van der Waals surface area contributed by atoms with Crippen LogP contribution >= 0.6 is 15.9 Å². The molecule has 0 atom stereocenters. The summed E-state index contributed by atoms with van der Waals surface area (Å²) in [5.74, 6) is -0.0872. The Morgan fingerprint density at radius 1 is 1.20 bits per heavy atom. The Bertz CT molecular complexity index is 612. The topological polar surface area (TPSA) is 75.4 Å². The van der Waals surface area contributed by atoms with Crippen molar-refractivity contribution >= 4 is 27.5 Å². The summed E-state index contributed by atoms with van der Waals surface area (Å²) >= 11 is 3.37. The van der Waals surface area contributed by atoms with Crippen LogP contribution in [0.25, 0.3) is 0 Å². The number of halogens is 1. The van der Waals surface area contributed by atoms with Gasteiger partial charge in [0.25, 0.3) is 0 Å². The Hall–Kier alpha value is -2.01. The molecule has 0 saturated carbocycles. The molecule has 0 fully saturated rings. The zero-order chi connectivity index (χ0) is 14.5. The van der Waals surface area contributed by atoms with E-state index in [1.807, 2.05) is 30.3 Å². The number of nitrogens with two attached hydrogens (primary N) is 1. The number of rotatable bonds is 5. The molecule has 0 aliphatic heterocycles. The van der Waals surface area contributed by atoms with Gasteiger partial charge < -0.3 is 16.2 Å². The number of carbonyl (C=O) groups excluding carboxylic acids is 1. The highest BCUT2D eigenvalue weighted by atomic mass is 79.9. The van der Waals surface area contributed by atoms with Crippen molar-refractivity contribution in [1.29, 1.82) is 0 Å². The Labute approximate surface area is 125 Å². The van der Waals surface area contributed by atoms with E-state index in [-0.39, 0.29) is 18.1 Å². The van der Waals surface area contributed by atoms with Crippen LogP contribution in [0.5, 0.6) is 5.75 Å². The number of primary amides is 1. The molecule has 20 heavy (non-hydrogen) atoms. The van der Waals surface area contributed by atoms with E-state index in [0.717, 1.165) is 21.3 Å². The molecule has 4 nitrogen and oxygen atoms in total. The first-order valence-electron chi connectivity index (χ1n) is 6.13. The van der Waals surface area contributed by atoms with E-state index >= 15 is 0 Å². The molecular formula is C15H15BrN2O2. The highest BCUT2D eigenvalue weighted by Crippen LogP contribution is 2.23. The molecule has 0 aliphatic carbocycles. The normalized spacial score (nSPS) is 10.2. The molecular weight excluding hydrogens is 320 g/mol. The van der Waals surface area contributed by atoms with Gasteiger partial charge in [0.15, 0.2) is 0 Å². The summed E-state index contributed by atoms with van der Waals surface area (Å²) in [5, 5.41) is 13.0. The first-order chi connectivity index (χ1) is 9.54. The summed E-state index contributed by atoms with van der Waals surface area (Å²) in [6, 6.07) is 12.8. The van der Waals surface area contributed by atoms with Crippen LogP contribution in [0.15, 0.2) is 46.9 Å². The minimum absolute atomic E-state index is 0.243. The van der Waals surface area contributed by atoms with Crippen LogP contribution in [0.1, 0.15) is 11.1 Å². The molecule has 0 aliphatic rings. The maximum atomic E-state index is 10.8. The summed E-state index contributed by atoms with van der Waals surface area (Å²) in [7, 11) is 0. The second-order valence-electron chi connectivity index (χ2n) is 4.47. The molecule has 5 heteroatoms. The van der Waals surface area contributed by atoms with Gasteiger partial charge in [-0.15, -0.1) is 0 Å². The second-order valence-corrected chi connectivity index (χ2v) is 5.38. The van der Waals surface area contributed by atoms with Crippen molar-refractivity contribution in [1.82, 2.24) is 0 Å². The van der Waals surface area contributed by atoms with E-state index in [2.05, 4.69) is 21.2 Å². The lowest BCUT2D eigenvalue weighted by Gasteiger charge is -2.09. The summed E-state index contributed by atoms with van der Waals surface area (Å²) in [6.45, 7) is 0.514. The molecule has 0 aromatic heterocycles. The predicted octanol–water partition coefficient (Wildman–Crippen LogP) is 2.79. The quantitative estimate of drug-likeness (QED) is 0.786. The molecule has 2 aromatic rings. The van der Waals surface area contributed by atoms with Gasteiger partial charge in [0.1, 0.15) is 5.75 Å². The maximum absolute atomic E-state index is 10.8. The third-order valence-electron chi connectivity index (χ3n) is 2.86. The lowest BCUT2D eigenvalue weighted by atomic mass is 10.1. The van der Waals surface area contributed by atoms with Crippen molar-refractivity contribution in [2.75, 3.05) is 5.32 Å². The number of hydrogen-bond acceptors (Lipinski definition) is 3. The van der Waals surface area contributed by atoms with E-state index < -0.39 is 0 Å². The lowest BCUT2D eigenvalue weighted by molar-refractivity contribution is -0.117. The number of phenols is 1. The Kier molecular flexibility index (Phi) is 4.63. The monoisotopic (exact) mass is 334 g/mol. The largest absolute Gasteiger partial charge is 0.508 e. The van der Waals surface area contributed by atoms with E-state index in [0.29, 0.717) is 6.54 Å². The molecule has 2 aromatic carbocycles. The van der Waals surface area contributed by atoms with Gasteiger partial charge in [0.05, 0.1) is 6.42 Å². The maximum Gasteiger partial charge on any atom is 0.221 e. The highest BCUT2D eigenvalue weighted by Gasteiger charge is 2.03. The number of benzene rings is 2. The zero-order valence-corrected chi connectivity index (χ0v) is 12.4. The summed E-state index contributed by atoms with van der Waals surface area (Å²) in [6.07, 6.45) is 0.243. The molecule has 0 saturated heterocycles. The van der Waals surface area contributed by atoms with E-state index in [9.17, 15) is 9.90 Å². The number of aromatic hydroxyl groups is 1. The predicted molar refractivity (Wildman–Crippen MR) is 82.5 cm³/mol. The summed E-state index contributed by atoms with van der Waals surface area (Å²) in [5.41, 5.74) is 7.74. The van der Waals surface area contributed by atoms with Crippen LogP contribution in [0.3, 0.4) is 0 Å². The van der Waals surface area contributed by atoms with Crippen LogP contribution < -0.4 is 11.1 Å². The average Bonchev–Trinajstić information content (AvgIpc) is 2.41. The molecule has 2 rings (SSSR count). The Morgan fingerprint density at radius 3 is 2.55 bits per heavy atom. The zero-order valence-electron chi connectivity index (χ0n) is 10.8. The van der Waals surface area contributed by atoms with Crippen molar-refractivity contribution in [3.8, 4) is 5.75 Å². The number of amides is 1. The van der Waals surface area contributed by atoms with Crippen LogP contribution in [0.2, 0.25) is 0 Å². The van der Waals surface area contributed by atoms with Gasteiger partial charge in [-0.3, -0.25) is 4.79 Å². The van der Waals surface area contributed by atoms with E-state index in [1.165, 1.54) is 0 Å².